The summed E-state index contributed by atoms with van der Waals surface area (Å²) in [4.78, 5) is 11.1. The van der Waals surface area contributed by atoms with Gasteiger partial charge in [-0.05, 0) is 0 Å². The minimum atomic E-state index is -3.45. The Hall–Kier alpha value is -0.920. The van der Waals surface area contributed by atoms with Crippen LogP contribution in [0.5, 0.6) is 0 Å². The molecule has 0 radical (unpaired) electrons. The van der Waals surface area contributed by atoms with E-state index in [0.29, 0.717) is 6.54 Å². The standard InChI is InChI=1S/C8H15N3O3S/c1-2-5-15(13,14)11-4-3-10-6-7(11)8(9)12/h2,7,10H,1,3-6H2,(H2,9,12). The number of carbonyl (C=O) groups is 1. The van der Waals surface area contributed by atoms with E-state index in [4.69, 9.17) is 5.73 Å². The van der Waals surface area contributed by atoms with Crippen LogP contribution in [-0.2, 0) is 14.8 Å². The van der Waals surface area contributed by atoms with Gasteiger partial charge in [0, 0.05) is 19.6 Å². The maximum Gasteiger partial charge on any atom is 0.237 e. The van der Waals surface area contributed by atoms with Crippen LogP contribution in [-0.4, -0.2) is 50.1 Å². The smallest absolute Gasteiger partial charge is 0.237 e. The molecule has 1 unspecified atom stereocenters. The number of hydrogen-bond acceptors (Lipinski definition) is 4. The zero-order valence-electron chi connectivity index (χ0n) is 8.35. The highest BCUT2D eigenvalue weighted by Gasteiger charge is 2.34. The topological polar surface area (TPSA) is 92.5 Å². The molecule has 0 aromatic heterocycles. The molecule has 1 saturated heterocycles. The number of nitrogens with zero attached hydrogens (tertiary/aromatic N) is 1. The second kappa shape index (κ2) is 4.73. The van der Waals surface area contributed by atoms with Gasteiger partial charge < -0.3 is 11.1 Å². The first-order valence-electron chi connectivity index (χ1n) is 4.59. The fraction of sp³-hybridized carbons (Fsp3) is 0.625. The number of sulfonamides is 1. The van der Waals surface area contributed by atoms with Crippen molar-refractivity contribution >= 4 is 15.9 Å². The van der Waals surface area contributed by atoms with Gasteiger partial charge in [-0.1, -0.05) is 6.08 Å². The van der Waals surface area contributed by atoms with Gasteiger partial charge in [-0.25, -0.2) is 8.42 Å². The van der Waals surface area contributed by atoms with Gasteiger partial charge in [-0.15, -0.1) is 6.58 Å². The SMILES string of the molecule is C=CCS(=O)(=O)N1CCNCC1C(N)=O. The molecule has 1 atom stereocenters. The van der Waals surface area contributed by atoms with E-state index >= 15 is 0 Å². The molecule has 0 aliphatic carbocycles. The molecular weight excluding hydrogens is 218 g/mol. The lowest BCUT2D eigenvalue weighted by Crippen LogP contribution is -2.58. The van der Waals surface area contributed by atoms with Crippen LogP contribution in [0.1, 0.15) is 0 Å². The van der Waals surface area contributed by atoms with Crippen molar-refractivity contribution in [1.29, 1.82) is 0 Å². The van der Waals surface area contributed by atoms with Crippen molar-refractivity contribution in [3.05, 3.63) is 12.7 Å². The predicted molar refractivity (Wildman–Crippen MR) is 56.5 cm³/mol. The van der Waals surface area contributed by atoms with Crippen LogP contribution in [0.25, 0.3) is 0 Å². The summed E-state index contributed by atoms with van der Waals surface area (Å²) in [5.41, 5.74) is 5.14. The maximum absolute atomic E-state index is 11.7. The summed E-state index contributed by atoms with van der Waals surface area (Å²) in [6, 6.07) is -0.788. The van der Waals surface area contributed by atoms with E-state index < -0.39 is 22.0 Å². The van der Waals surface area contributed by atoms with E-state index in [1.807, 2.05) is 0 Å². The minimum Gasteiger partial charge on any atom is -0.368 e. The molecule has 1 amide bonds. The van der Waals surface area contributed by atoms with Crippen LogP contribution in [0.15, 0.2) is 12.7 Å². The molecule has 0 spiro atoms. The highest BCUT2D eigenvalue weighted by atomic mass is 32.2. The number of rotatable bonds is 4. The Bertz CT molecular complexity index is 352. The molecular formula is C8H15N3O3S. The van der Waals surface area contributed by atoms with Gasteiger partial charge in [0.05, 0.1) is 5.75 Å². The van der Waals surface area contributed by atoms with Crippen LogP contribution >= 0.6 is 0 Å². The van der Waals surface area contributed by atoms with Crippen molar-refractivity contribution < 1.29 is 13.2 Å². The fourth-order valence-corrected chi connectivity index (χ4v) is 2.93. The average Bonchev–Trinajstić information content (AvgIpc) is 2.17. The molecule has 0 aromatic carbocycles. The second-order valence-corrected chi connectivity index (χ2v) is 5.27. The highest BCUT2D eigenvalue weighted by molar-refractivity contribution is 7.89. The largest absolute Gasteiger partial charge is 0.368 e. The third-order valence-electron chi connectivity index (χ3n) is 2.21. The van der Waals surface area contributed by atoms with E-state index in [1.54, 1.807) is 0 Å². The van der Waals surface area contributed by atoms with E-state index in [2.05, 4.69) is 11.9 Å². The normalized spacial score (nSPS) is 23.6. The number of nitrogens with one attached hydrogen (secondary N) is 1. The van der Waals surface area contributed by atoms with Crippen molar-refractivity contribution in [2.75, 3.05) is 25.4 Å². The Morgan fingerprint density at radius 2 is 2.33 bits per heavy atom. The van der Waals surface area contributed by atoms with Crippen molar-refractivity contribution in [3.8, 4) is 0 Å². The minimum absolute atomic E-state index is 0.170. The quantitative estimate of drug-likeness (QED) is 0.564. The first kappa shape index (κ1) is 12.2. The summed E-state index contributed by atoms with van der Waals surface area (Å²) in [7, 11) is -3.45. The average molecular weight is 233 g/mol. The molecule has 1 fully saturated rings. The van der Waals surface area contributed by atoms with E-state index in [1.165, 1.54) is 6.08 Å². The summed E-state index contributed by atoms with van der Waals surface area (Å²) in [5.74, 6) is -0.800. The Morgan fingerprint density at radius 1 is 1.67 bits per heavy atom. The van der Waals surface area contributed by atoms with Crippen LogP contribution in [0.3, 0.4) is 0 Å². The monoisotopic (exact) mass is 233 g/mol. The van der Waals surface area contributed by atoms with Crippen molar-refractivity contribution in [2.24, 2.45) is 5.73 Å². The predicted octanol–water partition coefficient (Wildman–Crippen LogP) is -1.74. The first-order valence-corrected chi connectivity index (χ1v) is 6.20. The number of nitrogens with two attached hydrogens (primary N) is 1. The van der Waals surface area contributed by atoms with Crippen LogP contribution in [0.4, 0.5) is 0 Å². The molecule has 0 bridgehead atoms. The molecule has 1 aliphatic heterocycles. The summed E-state index contributed by atoms with van der Waals surface area (Å²) in [5, 5.41) is 2.93. The molecule has 0 saturated carbocycles. The summed E-state index contributed by atoms with van der Waals surface area (Å²) < 4.78 is 24.6. The molecule has 15 heavy (non-hydrogen) atoms. The Morgan fingerprint density at radius 3 is 2.87 bits per heavy atom. The molecule has 1 heterocycles. The van der Waals surface area contributed by atoms with Crippen LogP contribution in [0, 0.1) is 0 Å². The molecule has 6 nitrogen and oxygen atoms in total. The van der Waals surface area contributed by atoms with Gasteiger partial charge in [-0.3, -0.25) is 4.79 Å². The molecule has 3 N–H and O–H groups in total. The van der Waals surface area contributed by atoms with Crippen LogP contribution in [0.2, 0.25) is 0 Å². The van der Waals surface area contributed by atoms with Crippen molar-refractivity contribution in [3.63, 3.8) is 0 Å². The molecule has 0 aromatic rings. The summed E-state index contributed by atoms with van der Waals surface area (Å²) in [6.07, 6.45) is 1.30. The lowest BCUT2D eigenvalue weighted by atomic mass is 10.2. The lowest BCUT2D eigenvalue weighted by Gasteiger charge is -2.32. The first-order chi connectivity index (χ1) is 6.99. The second-order valence-electron chi connectivity index (χ2n) is 3.30. The van der Waals surface area contributed by atoms with Crippen molar-refractivity contribution in [1.82, 2.24) is 9.62 Å². The molecule has 1 aliphatic rings. The Kier molecular flexibility index (Phi) is 3.83. The Labute approximate surface area is 89.2 Å². The zero-order valence-corrected chi connectivity index (χ0v) is 9.16. The number of hydrogen-bond donors (Lipinski definition) is 2. The van der Waals surface area contributed by atoms with E-state index in [9.17, 15) is 13.2 Å². The van der Waals surface area contributed by atoms with Gasteiger partial charge >= 0.3 is 0 Å². The fourth-order valence-electron chi connectivity index (χ4n) is 1.51. The maximum atomic E-state index is 11.7. The summed E-state index contributed by atoms with van der Waals surface area (Å²) in [6.45, 7) is 4.44. The third kappa shape index (κ3) is 2.77. The van der Waals surface area contributed by atoms with E-state index in [0.717, 1.165) is 4.31 Å². The number of amides is 1. The zero-order chi connectivity index (χ0) is 11.5. The Balaban J connectivity index is 2.89. The third-order valence-corrected chi connectivity index (χ3v) is 4.02. The number of primary amides is 1. The molecule has 86 valence electrons. The van der Waals surface area contributed by atoms with Gasteiger partial charge in [0.2, 0.25) is 15.9 Å². The van der Waals surface area contributed by atoms with Gasteiger partial charge in [0.1, 0.15) is 6.04 Å². The molecule has 7 heteroatoms. The van der Waals surface area contributed by atoms with Gasteiger partial charge in [-0.2, -0.15) is 4.31 Å². The number of piperazine rings is 1. The lowest BCUT2D eigenvalue weighted by molar-refractivity contribution is -0.122. The van der Waals surface area contributed by atoms with Crippen LogP contribution < -0.4 is 11.1 Å². The van der Waals surface area contributed by atoms with Gasteiger partial charge in [0.25, 0.3) is 0 Å². The van der Waals surface area contributed by atoms with E-state index in [-0.39, 0.29) is 18.8 Å². The number of carbonyl (C=O) groups excluding carboxylic acids is 1. The summed E-state index contributed by atoms with van der Waals surface area (Å²) >= 11 is 0. The van der Waals surface area contributed by atoms with Crippen molar-refractivity contribution in [2.45, 2.75) is 6.04 Å². The highest BCUT2D eigenvalue weighted by Crippen LogP contribution is 2.10. The molecule has 1 rings (SSSR count). The van der Waals surface area contributed by atoms with Gasteiger partial charge in [0.15, 0.2) is 0 Å².